The van der Waals surface area contributed by atoms with Gasteiger partial charge < -0.3 is 19.9 Å². The van der Waals surface area contributed by atoms with Crippen molar-refractivity contribution in [3.05, 3.63) is 42.0 Å². The highest BCUT2D eigenvalue weighted by Gasteiger charge is 2.23. The van der Waals surface area contributed by atoms with E-state index in [9.17, 15) is 9.90 Å². The van der Waals surface area contributed by atoms with Gasteiger partial charge in [-0.05, 0) is 43.3 Å². The maximum atomic E-state index is 11.6. The Morgan fingerprint density at radius 2 is 2.13 bits per heavy atom. The SMILES string of the molecule is COc1ccc(O)c(C=Nc2ccc3c(c2)NC(=O)[C@@H](C)O3)c1. The van der Waals surface area contributed by atoms with Crippen molar-refractivity contribution in [3.8, 4) is 17.2 Å². The van der Waals surface area contributed by atoms with E-state index in [1.807, 2.05) is 0 Å². The van der Waals surface area contributed by atoms with Crippen LogP contribution in [0.5, 0.6) is 17.2 Å². The molecule has 1 atom stereocenters. The number of nitrogens with zero attached hydrogens (tertiary/aromatic N) is 1. The van der Waals surface area contributed by atoms with Crippen LogP contribution in [0.25, 0.3) is 0 Å². The van der Waals surface area contributed by atoms with Crippen LogP contribution in [0.4, 0.5) is 11.4 Å². The fourth-order valence-corrected chi connectivity index (χ4v) is 2.18. The van der Waals surface area contributed by atoms with Gasteiger partial charge in [0, 0.05) is 11.8 Å². The highest BCUT2D eigenvalue weighted by Crippen LogP contribution is 2.33. The largest absolute Gasteiger partial charge is 0.507 e. The number of benzene rings is 2. The number of methoxy groups -OCH3 is 1. The van der Waals surface area contributed by atoms with Crippen molar-refractivity contribution in [2.45, 2.75) is 13.0 Å². The lowest BCUT2D eigenvalue weighted by Gasteiger charge is -2.23. The fraction of sp³-hybridized carbons (Fsp3) is 0.176. The molecule has 1 amide bonds. The Morgan fingerprint density at radius 3 is 2.91 bits per heavy atom. The van der Waals surface area contributed by atoms with Crippen LogP contribution in [-0.2, 0) is 4.79 Å². The van der Waals surface area contributed by atoms with Gasteiger partial charge in [0.2, 0.25) is 0 Å². The van der Waals surface area contributed by atoms with E-state index >= 15 is 0 Å². The van der Waals surface area contributed by atoms with Gasteiger partial charge in [-0.25, -0.2) is 0 Å². The van der Waals surface area contributed by atoms with E-state index in [4.69, 9.17) is 9.47 Å². The molecule has 2 aromatic carbocycles. The molecule has 0 saturated heterocycles. The molecule has 0 spiro atoms. The minimum Gasteiger partial charge on any atom is -0.507 e. The summed E-state index contributed by atoms with van der Waals surface area (Å²) in [5.74, 6) is 1.16. The zero-order valence-corrected chi connectivity index (χ0v) is 12.7. The second-order valence-electron chi connectivity index (χ2n) is 5.11. The van der Waals surface area contributed by atoms with Gasteiger partial charge in [-0.2, -0.15) is 0 Å². The van der Waals surface area contributed by atoms with E-state index in [2.05, 4.69) is 10.3 Å². The summed E-state index contributed by atoms with van der Waals surface area (Å²) in [4.78, 5) is 16.0. The molecule has 0 aromatic heterocycles. The first-order chi connectivity index (χ1) is 11.1. The monoisotopic (exact) mass is 312 g/mol. The van der Waals surface area contributed by atoms with Crippen molar-refractivity contribution >= 4 is 23.5 Å². The Balaban J connectivity index is 1.86. The third-order valence-electron chi connectivity index (χ3n) is 3.48. The Hall–Kier alpha value is -3.02. The number of carbonyl (C=O) groups excluding carboxylic acids is 1. The molecule has 118 valence electrons. The number of aliphatic imine (C=N–C) groups is 1. The van der Waals surface area contributed by atoms with E-state index in [0.717, 1.165) is 0 Å². The van der Waals surface area contributed by atoms with Crippen LogP contribution in [0.1, 0.15) is 12.5 Å². The standard InChI is InChI=1S/C17H16N2O4/c1-10-17(21)19-14-8-12(3-6-16(14)23-10)18-9-11-7-13(22-2)4-5-15(11)20/h3-10,20H,1-2H3,(H,19,21)/t10-/m1/s1. The van der Waals surface area contributed by atoms with Gasteiger partial charge in [0.05, 0.1) is 18.5 Å². The van der Waals surface area contributed by atoms with Crippen LogP contribution in [-0.4, -0.2) is 30.4 Å². The minimum atomic E-state index is -0.509. The number of phenolic OH excluding ortho intramolecular Hbond substituents is 1. The molecule has 0 saturated carbocycles. The Bertz CT molecular complexity index is 786. The predicted octanol–water partition coefficient (Wildman–Crippen LogP) is 2.87. The van der Waals surface area contributed by atoms with Crippen molar-refractivity contribution in [2.24, 2.45) is 4.99 Å². The number of hydrogen-bond acceptors (Lipinski definition) is 5. The normalized spacial score (nSPS) is 16.6. The first kappa shape index (κ1) is 14.9. The van der Waals surface area contributed by atoms with Crippen LogP contribution in [0.2, 0.25) is 0 Å². The summed E-state index contributed by atoms with van der Waals surface area (Å²) in [7, 11) is 1.56. The lowest BCUT2D eigenvalue weighted by Crippen LogP contribution is -2.34. The lowest BCUT2D eigenvalue weighted by atomic mass is 10.2. The number of aromatic hydroxyl groups is 1. The number of hydrogen-bond donors (Lipinski definition) is 2. The van der Waals surface area contributed by atoms with Crippen LogP contribution in [0.15, 0.2) is 41.4 Å². The summed E-state index contributed by atoms with van der Waals surface area (Å²) in [6.07, 6.45) is 1.03. The topological polar surface area (TPSA) is 80.2 Å². The number of amides is 1. The molecular formula is C17H16N2O4. The van der Waals surface area contributed by atoms with E-state index in [1.54, 1.807) is 50.4 Å². The first-order valence-electron chi connectivity index (χ1n) is 7.09. The van der Waals surface area contributed by atoms with Gasteiger partial charge in [0.15, 0.2) is 6.10 Å². The van der Waals surface area contributed by atoms with Crippen LogP contribution in [0.3, 0.4) is 0 Å². The molecule has 6 heteroatoms. The summed E-state index contributed by atoms with van der Waals surface area (Å²) in [6, 6.07) is 10.1. The Kier molecular flexibility index (Phi) is 3.89. The number of ether oxygens (including phenoxy) is 2. The van der Waals surface area contributed by atoms with Gasteiger partial charge in [-0.15, -0.1) is 0 Å². The zero-order chi connectivity index (χ0) is 16.4. The third-order valence-corrected chi connectivity index (χ3v) is 3.48. The third kappa shape index (κ3) is 3.11. The van der Waals surface area contributed by atoms with Gasteiger partial charge in [-0.1, -0.05) is 0 Å². The summed E-state index contributed by atoms with van der Waals surface area (Å²) >= 11 is 0. The number of nitrogens with one attached hydrogen (secondary N) is 1. The van der Waals surface area contributed by atoms with Crippen LogP contribution in [0, 0.1) is 0 Å². The maximum absolute atomic E-state index is 11.6. The number of phenols is 1. The molecule has 0 bridgehead atoms. The van der Waals surface area contributed by atoms with E-state index < -0.39 is 6.10 Å². The van der Waals surface area contributed by atoms with E-state index in [1.165, 1.54) is 6.21 Å². The molecule has 1 aliphatic rings. The Labute approximate surface area is 133 Å². The van der Waals surface area contributed by atoms with Crippen molar-refractivity contribution in [3.63, 3.8) is 0 Å². The highest BCUT2D eigenvalue weighted by atomic mass is 16.5. The molecule has 1 aliphatic heterocycles. The second kappa shape index (κ2) is 6.00. The summed E-state index contributed by atoms with van der Waals surface area (Å²) < 4.78 is 10.6. The van der Waals surface area contributed by atoms with Gasteiger partial charge in [-0.3, -0.25) is 9.79 Å². The smallest absolute Gasteiger partial charge is 0.265 e. The first-order valence-corrected chi connectivity index (χ1v) is 7.09. The molecule has 6 nitrogen and oxygen atoms in total. The summed E-state index contributed by atoms with van der Waals surface area (Å²) in [5, 5.41) is 12.6. The predicted molar refractivity (Wildman–Crippen MR) is 87.1 cm³/mol. The van der Waals surface area contributed by atoms with Crippen molar-refractivity contribution in [2.75, 3.05) is 12.4 Å². The molecule has 23 heavy (non-hydrogen) atoms. The molecule has 1 heterocycles. The number of rotatable bonds is 3. The van der Waals surface area contributed by atoms with Gasteiger partial charge in [0.1, 0.15) is 17.2 Å². The number of fused-ring (bicyclic) bond motifs is 1. The minimum absolute atomic E-state index is 0.109. The van der Waals surface area contributed by atoms with Crippen LogP contribution < -0.4 is 14.8 Å². The molecule has 2 aromatic rings. The average molecular weight is 312 g/mol. The molecule has 2 N–H and O–H groups in total. The lowest BCUT2D eigenvalue weighted by molar-refractivity contribution is -0.122. The van der Waals surface area contributed by atoms with Crippen molar-refractivity contribution < 1.29 is 19.4 Å². The van der Waals surface area contributed by atoms with Gasteiger partial charge >= 0.3 is 0 Å². The molecular weight excluding hydrogens is 296 g/mol. The molecule has 0 fully saturated rings. The Morgan fingerprint density at radius 1 is 1.30 bits per heavy atom. The summed E-state index contributed by atoms with van der Waals surface area (Å²) in [6.45, 7) is 1.69. The highest BCUT2D eigenvalue weighted by molar-refractivity contribution is 5.98. The van der Waals surface area contributed by atoms with E-state index in [0.29, 0.717) is 28.4 Å². The average Bonchev–Trinajstić information content (AvgIpc) is 2.55. The van der Waals surface area contributed by atoms with Crippen LogP contribution >= 0.6 is 0 Å². The zero-order valence-electron chi connectivity index (χ0n) is 12.7. The fourth-order valence-electron chi connectivity index (χ4n) is 2.18. The number of carbonyl (C=O) groups is 1. The van der Waals surface area contributed by atoms with Crippen molar-refractivity contribution in [1.82, 2.24) is 0 Å². The summed E-state index contributed by atoms with van der Waals surface area (Å²) in [5.41, 5.74) is 1.75. The second-order valence-corrected chi connectivity index (χ2v) is 5.11. The molecule has 0 radical (unpaired) electrons. The molecule has 0 aliphatic carbocycles. The van der Waals surface area contributed by atoms with Crippen molar-refractivity contribution in [1.29, 1.82) is 0 Å². The number of anilines is 1. The maximum Gasteiger partial charge on any atom is 0.265 e. The van der Waals surface area contributed by atoms with E-state index in [-0.39, 0.29) is 11.7 Å². The quantitative estimate of drug-likeness (QED) is 0.854. The molecule has 3 rings (SSSR count). The molecule has 0 unspecified atom stereocenters. The van der Waals surface area contributed by atoms with Gasteiger partial charge in [0.25, 0.3) is 5.91 Å².